The van der Waals surface area contributed by atoms with E-state index in [1.807, 2.05) is 44.2 Å². The molecule has 2 aromatic heterocycles. The van der Waals surface area contributed by atoms with Crippen LogP contribution in [0.25, 0.3) is 16.7 Å². The van der Waals surface area contributed by atoms with Crippen LogP contribution in [0.5, 0.6) is 0 Å². The maximum absolute atomic E-state index is 13.1. The first-order valence-electron chi connectivity index (χ1n) is 10.2. The van der Waals surface area contributed by atoms with Crippen LogP contribution in [0, 0.1) is 5.92 Å². The number of hydrogen-bond acceptors (Lipinski definition) is 6. The maximum atomic E-state index is 13.1. The van der Waals surface area contributed by atoms with Crippen LogP contribution >= 0.6 is 0 Å². The number of carbonyl (C=O) groups is 1. The van der Waals surface area contributed by atoms with Crippen LogP contribution in [-0.2, 0) is 21.2 Å². The summed E-state index contributed by atoms with van der Waals surface area (Å²) in [7, 11) is -3.13. The Labute approximate surface area is 180 Å². The van der Waals surface area contributed by atoms with E-state index in [-0.39, 0.29) is 41.5 Å². The van der Waals surface area contributed by atoms with Crippen LogP contribution in [0.15, 0.2) is 47.7 Å². The zero-order valence-corrected chi connectivity index (χ0v) is 18.3. The van der Waals surface area contributed by atoms with E-state index in [0.717, 1.165) is 5.69 Å². The average Bonchev–Trinajstić information content (AvgIpc) is 3.32. The first kappa shape index (κ1) is 21.2. The molecule has 164 valence electrons. The molecule has 0 aliphatic carbocycles. The number of carbonyl (C=O) groups excluding carboxylic acids is 1. The molecule has 1 fully saturated rings. The summed E-state index contributed by atoms with van der Waals surface area (Å²) in [6.07, 6.45) is 3.23. The lowest BCUT2D eigenvalue weighted by Gasteiger charge is -2.30. The van der Waals surface area contributed by atoms with Crippen molar-refractivity contribution in [3.8, 4) is 5.69 Å². The Morgan fingerprint density at radius 2 is 2.00 bits per heavy atom. The van der Waals surface area contributed by atoms with Crippen LogP contribution in [0.1, 0.15) is 20.3 Å². The van der Waals surface area contributed by atoms with Gasteiger partial charge in [0.05, 0.1) is 23.4 Å². The van der Waals surface area contributed by atoms with Crippen molar-refractivity contribution in [1.82, 2.24) is 24.2 Å². The minimum Gasteiger partial charge on any atom is -0.337 e. The van der Waals surface area contributed by atoms with Crippen molar-refractivity contribution < 1.29 is 13.2 Å². The van der Waals surface area contributed by atoms with E-state index in [2.05, 4.69) is 10.1 Å². The molecule has 1 amide bonds. The van der Waals surface area contributed by atoms with Crippen LogP contribution < -0.4 is 5.56 Å². The molecule has 0 spiro atoms. The molecule has 1 aromatic carbocycles. The summed E-state index contributed by atoms with van der Waals surface area (Å²) in [4.78, 5) is 32.0. The first-order chi connectivity index (χ1) is 14.7. The molecular formula is C21H25N5O4S. The minimum absolute atomic E-state index is 0.0263. The van der Waals surface area contributed by atoms with Crippen molar-refractivity contribution in [2.24, 2.45) is 5.92 Å². The molecule has 1 unspecified atom stereocenters. The normalized spacial score (nSPS) is 18.0. The highest BCUT2D eigenvalue weighted by Gasteiger charge is 2.35. The smallest absolute Gasteiger partial charge is 0.264 e. The van der Waals surface area contributed by atoms with Crippen molar-refractivity contribution in [3.05, 3.63) is 53.2 Å². The summed E-state index contributed by atoms with van der Waals surface area (Å²) < 4.78 is 26.7. The van der Waals surface area contributed by atoms with Gasteiger partial charge < -0.3 is 4.90 Å². The number of fused-ring (bicyclic) bond motifs is 1. The number of benzene rings is 1. The lowest BCUT2D eigenvalue weighted by molar-refractivity contribution is -0.134. The third-order valence-corrected chi connectivity index (χ3v) is 7.14. The molecule has 3 heterocycles. The molecule has 3 aromatic rings. The fraction of sp³-hybridized carbons (Fsp3) is 0.429. The molecular weight excluding hydrogens is 418 g/mol. The third kappa shape index (κ3) is 4.39. The molecule has 0 radical (unpaired) electrons. The van der Waals surface area contributed by atoms with Gasteiger partial charge >= 0.3 is 0 Å². The van der Waals surface area contributed by atoms with Crippen molar-refractivity contribution in [2.45, 2.75) is 32.9 Å². The van der Waals surface area contributed by atoms with Gasteiger partial charge in [-0.2, -0.15) is 5.10 Å². The molecule has 1 aliphatic rings. The predicted octanol–water partition coefficient (Wildman–Crippen LogP) is 1.25. The number of sulfone groups is 1. The zero-order chi connectivity index (χ0) is 22.2. The highest BCUT2D eigenvalue weighted by Crippen LogP contribution is 2.20. The van der Waals surface area contributed by atoms with Gasteiger partial charge in [-0.05, 0) is 24.5 Å². The lowest BCUT2D eigenvalue weighted by Crippen LogP contribution is -2.45. The minimum atomic E-state index is -3.13. The van der Waals surface area contributed by atoms with E-state index < -0.39 is 9.84 Å². The fourth-order valence-electron chi connectivity index (χ4n) is 3.93. The quantitative estimate of drug-likeness (QED) is 0.568. The Morgan fingerprint density at radius 1 is 1.26 bits per heavy atom. The van der Waals surface area contributed by atoms with Gasteiger partial charge in [0.1, 0.15) is 18.3 Å². The van der Waals surface area contributed by atoms with E-state index in [0.29, 0.717) is 24.0 Å². The van der Waals surface area contributed by atoms with Gasteiger partial charge in [-0.25, -0.2) is 18.1 Å². The van der Waals surface area contributed by atoms with Gasteiger partial charge in [-0.1, -0.05) is 32.0 Å². The number of hydrogen-bond donors (Lipinski definition) is 0. The largest absolute Gasteiger partial charge is 0.337 e. The Morgan fingerprint density at radius 3 is 2.65 bits per heavy atom. The molecule has 0 bridgehead atoms. The van der Waals surface area contributed by atoms with Crippen molar-refractivity contribution in [3.63, 3.8) is 0 Å². The van der Waals surface area contributed by atoms with E-state index in [9.17, 15) is 18.0 Å². The summed E-state index contributed by atoms with van der Waals surface area (Å²) in [6.45, 7) is 4.19. The molecule has 31 heavy (non-hydrogen) atoms. The van der Waals surface area contributed by atoms with E-state index in [1.165, 1.54) is 17.1 Å². The monoisotopic (exact) mass is 443 g/mol. The van der Waals surface area contributed by atoms with Crippen molar-refractivity contribution in [2.75, 3.05) is 18.1 Å². The topological polar surface area (TPSA) is 107 Å². The predicted molar refractivity (Wildman–Crippen MR) is 117 cm³/mol. The Kier molecular flexibility index (Phi) is 5.65. The summed E-state index contributed by atoms with van der Waals surface area (Å²) in [6, 6.07) is 9.00. The summed E-state index contributed by atoms with van der Waals surface area (Å²) in [5, 5.41) is 4.60. The summed E-state index contributed by atoms with van der Waals surface area (Å²) in [5.74, 6) is -0.0455. The molecule has 9 nitrogen and oxygen atoms in total. The van der Waals surface area contributed by atoms with Crippen LogP contribution in [0.2, 0.25) is 0 Å². The summed E-state index contributed by atoms with van der Waals surface area (Å²) >= 11 is 0. The Hall–Kier alpha value is -3.01. The molecule has 10 heteroatoms. The molecule has 1 aliphatic heterocycles. The van der Waals surface area contributed by atoms with Gasteiger partial charge in [0, 0.05) is 12.6 Å². The molecule has 0 N–H and O–H groups in total. The second-order valence-electron chi connectivity index (χ2n) is 8.30. The number of nitrogens with zero attached hydrogens (tertiary/aromatic N) is 5. The van der Waals surface area contributed by atoms with Gasteiger partial charge in [0.2, 0.25) is 5.91 Å². The molecule has 4 rings (SSSR count). The fourth-order valence-corrected chi connectivity index (χ4v) is 5.66. The number of amides is 1. The molecule has 0 saturated carbocycles. The standard InChI is InChI=1S/C21H25N5O4S/c1-15(2)11-25(17-8-9-31(29,30)13-17)19(27)12-24-14-22-20-18(21(24)28)10-23-26(20)16-6-4-3-5-7-16/h3-7,10,14-15,17H,8-9,11-13H2,1-2H3. The number of rotatable bonds is 6. The highest BCUT2D eigenvalue weighted by molar-refractivity contribution is 7.91. The van der Waals surface area contributed by atoms with Crippen LogP contribution in [0.4, 0.5) is 0 Å². The second kappa shape index (κ2) is 8.26. The summed E-state index contributed by atoms with van der Waals surface area (Å²) in [5.41, 5.74) is 0.841. The Bertz CT molecular complexity index is 1260. The van der Waals surface area contributed by atoms with Gasteiger partial charge in [-0.15, -0.1) is 0 Å². The van der Waals surface area contributed by atoms with Gasteiger partial charge in [-0.3, -0.25) is 14.2 Å². The average molecular weight is 444 g/mol. The van der Waals surface area contributed by atoms with Crippen molar-refractivity contribution in [1.29, 1.82) is 0 Å². The lowest BCUT2D eigenvalue weighted by atomic mass is 10.1. The molecule has 1 atom stereocenters. The van der Waals surface area contributed by atoms with Crippen molar-refractivity contribution >= 4 is 26.8 Å². The van der Waals surface area contributed by atoms with E-state index in [4.69, 9.17) is 0 Å². The highest BCUT2D eigenvalue weighted by atomic mass is 32.2. The SMILES string of the molecule is CC(C)CN(C(=O)Cn1cnc2c(cnn2-c2ccccc2)c1=O)C1CCS(=O)(=O)C1. The maximum Gasteiger partial charge on any atom is 0.264 e. The first-order valence-corrected chi connectivity index (χ1v) is 12.1. The van der Waals surface area contributed by atoms with Crippen LogP contribution in [0.3, 0.4) is 0 Å². The van der Waals surface area contributed by atoms with E-state index >= 15 is 0 Å². The number of aromatic nitrogens is 4. The van der Waals surface area contributed by atoms with Crippen LogP contribution in [-0.4, -0.2) is 62.6 Å². The second-order valence-corrected chi connectivity index (χ2v) is 10.5. The van der Waals surface area contributed by atoms with Gasteiger partial charge in [0.15, 0.2) is 15.5 Å². The third-order valence-electron chi connectivity index (χ3n) is 5.39. The van der Waals surface area contributed by atoms with Gasteiger partial charge in [0.25, 0.3) is 5.56 Å². The Balaban J connectivity index is 1.62. The molecule has 1 saturated heterocycles. The zero-order valence-electron chi connectivity index (χ0n) is 17.5. The number of para-hydroxylation sites is 1. The van der Waals surface area contributed by atoms with E-state index in [1.54, 1.807) is 9.58 Å².